The normalized spacial score (nSPS) is 12.9. The molecular weight excluding hydrogens is 2190 g/mol. The first-order valence-electron chi connectivity index (χ1n) is 40.9. The van der Waals surface area contributed by atoms with Crippen molar-refractivity contribution < 1.29 is 80.4 Å². The van der Waals surface area contributed by atoms with Crippen molar-refractivity contribution in [3.63, 3.8) is 0 Å². The summed E-state index contributed by atoms with van der Waals surface area (Å²) in [5.74, 6) is 0. The van der Waals surface area contributed by atoms with Crippen LogP contribution in [-0.2, 0) is 93.3 Å². The van der Waals surface area contributed by atoms with Gasteiger partial charge in [-0.2, -0.15) is 0 Å². The fraction of sp³-hybridized carbons (Fsp3) is 0.185. The van der Waals surface area contributed by atoms with Gasteiger partial charge in [-0.1, -0.05) is 158 Å². The second kappa shape index (κ2) is 34.3. The predicted molar refractivity (Wildman–Crippen MR) is 492 cm³/mol. The Kier molecular flexibility index (Phi) is 24.2. The first-order valence-corrected chi connectivity index (χ1v) is 40.9. The molecule has 0 N–H and O–H groups in total. The Hall–Kier alpha value is -10.6. The van der Waals surface area contributed by atoms with E-state index in [1.165, 1.54) is 185 Å². The van der Waals surface area contributed by atoms with Crippen molar-refractivity contribution in [2.45, 2.75) is 116 Å². The number of hydrogen-bond acceptors (Lipinski definition) is 5. The van der Waals surface area contributed by atoms with Crippen LogP contribution in [0.1, 0.15) is 102 Å². The van der Waals surface area contributed by atoms with E-state index in [4.69, 9.17) is 19.9 Å². The van der Waals surface area contributed by atoms with Crippen LogP contribution in [0.5, 0.6) is 0 Å². The quantitative estimate of drug-likeness (QED) is 0.127. The van der Waals surface area contributed by atoms with Crippen LogP contribution in [0, 0.1) is 92.0 Å². The Labute approximate surface area is 761 Å². The minimum absolute atomic E-state index is 0. The van der Waals surface area contributed by atoms with Crippen LogP contribution in [0.15, 0.2) is 255 Å². The number of fused-ring (bicyclic) bond motifs is 27. The number of nitrogens with zero attached hydrogens (tertiary/aromatic N) is 9. The molecule has 0 bridgehead atoms. The zero-order chi connectivity index (χ0) is 78.9. The minimum atomic E-state index is 0. The predicted octanol–water partition coefficient (Wildman–Crippen LogP) is 27.1. The van der Waals surface area contributed by atoms with Crippen LogP contribution < -0.4 is 4.90 Å². The molecule has 121 heavy (non-hydrogen) atoms. The molecule has 610 valence electrons. The van der Waals surface area contributed by atoms with Crippen LogP contribution in [0.2, 0.25) is 0 Å². The Bertz CT molecular complexity index is 7550. The van der Waals surface area contributed by atoms with Gasteiger partial charge in [-0.3, -0.25) is 19.9 Å². The molecule has 0 atom stereocenters. The third-order valence-corrected chi connectivity index (χ3v) is 24.8. The summed E-state index contributed by atoms with van der Waals surface area (Å²) in [6.07, 6.45) is 12.3. The van der Waals surface area contributed by atoms with E-state index in [-0.39, 0.29) is 87.8 Å². The molecule has 0 amide bonds. The number of aromatic nitrogens is 8. The van der Waals surface area contributed by atoms with Gasteiger partial charge in [0.2, 0.25) is 0 Å². The van der Waals surface area contributed by atoms with E-state index < -0.39 is 0 Å². The molecule has 1 aliphatic heterocycles. The summed E-state index contributed by atoms with van der Waals surface area (Å²) in [7, 11) is 0. The Morgan fingerprint density at radius 1 is 0.314 bits per heavy atom. The summed E-state index contributed by atoms with van der Waals surface area (Å²) in [4.78, 5) is 22.1. The molecule has 0 unspecified atom stereocenters. The number of rotatable bonds is 5. The van der Waals surface area contributed by atoms with Crippen molar-refractivity contribution in [2.24, 2.45) is 5.41 Å². The summed E-state index contributed by atoms with van der Waals surface area (Å²) in [6.45, 7) is 26.7. The number of benzene rings is 13. The average molecular weight is 2290 g/mol. The van der Waals surface area contributed by atoms with Gasteiger partial charge in [0.25, 0.3) is 0 Å². The smallest absolute Gasteiger partial charge is 0.0774 e. The molecule has 2 aliphatic rings. The molecule has 0 spiro atoms. The number of imidazole rings is 4. The van der Waals surface area contributed by atoms with Crippen molar-refractivity contribution in [2.75, 3.05) is 18.0 Å². The fourth-order valence-electron chi connectivity index (χ4n) is 19.3. The van der Waals surface area contributed by atoms with Gasteiger partial charge in [-0.05, 0) is 242 Å². The second-order valence-electron chi connectivity index (χ2n) is 33.3. The van der Waals surface area contributed by atoms with Gasteiger partial charge >= 0.3 is 0 Å². The SMILES string of the molecule is C.Cc1cc2c3ccc[c-]c3c3ncc(-c4c(C)cc(-c5ccccc5)cc4C)n3c2cc1C.Cc1ccc2nc3c4[c-]cccc4c4ccccc4n3c2c1.Cc1cccc(C)c1-c1cnc2c3[c-]cccc3c3cc(N4CCCCC4)ccc3n12.Cc1cccc(C)c1-c1cnc2c3[c-]cccc3c3cc4c(cc3n12)CC(C)(C)C4.[Ir].[Ir].[Ir].[Ir]. The molecule has 4 radical (unpaired) electrons. The molecule has 1 aliphatic carbocycles. The molecule has 1 fully saturated rings. The van der Waals surface area contributed by atoms with Crippen LogP contribution in [0.25, 0.3) is 165 Å². The van der Waals surface area contributed by atoms with E-state index >= 15 is 0 Å². The monoisotopic (exact) mass is 2290 g/mol. The van der Waals surface area contributed by atoms with E-state index in [0.29, 0.717) is 5.41 Å². The number of aryl methyl sites for hydroxylation is 9. The number of piperidine rings is 1. The van der Waals surface area contributed by atoms with Gasteiger partial charge in [0.05, 0.1) is 50.7 Å². The number of para-hydroxylation sites is 1. The van der Waals surface area contributed by atoms with Crippen molar-refractivity contribution in [1.29, 1.82) is 0 Å². The summed E-state index contributed by atoms with van der Waals surface area (Å²) in [6, 6.07) is 98.3. The van der Waals surface area contributed by atoms with E-state index in [1.54, 1.807) is 0 Å². The third-order valence-electron chi connectivity index (χ3n) is 24.8. The van der Waals surface area contributed by atoms with Crippen LogP contribution in [-0.4, -0.2) is 50.6 Å². The maximum Gasteiger partial charge on any atom is 0.0774 e. The molecule has 0 saturated carbocycles. The molecule has 1 saturated heterocycles. The molecule has 13 heteroatoms. The third kappa shape index (κ3) is 14.8. The van der Waals surface area contributed by atoms with Gasteiger partial charge in [0.15, 0.2) is 0 Å². The molecule has 9 nitrogen and oxygen atoms in total. The fourth-order valence-corrected chi connectivity index (χ4v) is 19.3. The van der Waals surface area contributed by atoms with Gasteiger partial charge in [0, 0.05) is 157 Å². The first-order chi connectivity index (χ1) is 56.5. The van der Waals surface area contributed by atoms with E-state index in [0.717, 1.165) is 92.5 Å². The number of pyridine rings is 4. The van der Waals surface area contributed by atoms with E-state index in [2.05, 4.69) is 329 Å². The number of anilines is 1. The molecular formula is C108H93Ir4N9-4. The zero-order valence-electron chi connectivity index (χ0n) is 69.1. The van der Waals surface area contributed by atoms with Crippen LogP contribution in [0.3, 0.4) is 0 Å². The topological polar surface area (TPSA) is 72.4 Å². The average Bonchev–Trinajstić information content (AvgIpc) is 1.64. The van der Waals surface area contributed by atoms with Gasteiger partial charge in [-0.15, -0.1) is 119 Å². The van der Waals surface area contributed by atoms with E-state index in [1.807, 2.05) is 48.9 Å². The molecule has 21 aromatic rings. The van der Waals surface area contributed by atoms with Gasteiger partial charge in [-0.25, -0.2) is 0 Å². The summed E-state index contributed by atoms with van der Waals surface area (Å²) in [5, 5.41) is 14.3. The Morgan fingerprint density at radius 2 is 0.744 bits per heavy atom. The largest absolute Gasteiger partial charge is 0.372 e. The first kappa shape index (κ1) is 85.3. The molecule has 9 heterocycles. The summed E-state index contributed by atoms with van der Waals surface area (Å²) in [5.41, 5.74) is 36.8. The summed E-state index contributed by atoms with van der Waals surface area (Å²) < 4.78 is 9.30. The Morgan fingerprint density at radius 3 is 1.28 bits per heavy atom. The maximum absolute atomic E-state index is 4.92. The van der Waals surface area contributed by atoms with Crippen LogP contribution >= 0.6 is 0 Å². The van der Waals surface area contributed by atoms with Crippen molar-refractivity contribution in [1.82, 2.24) is 37.5 Å². The standard InChI is InChI=1S/C31H25N2.C28H26N3.C28H25N2.C20H13N2.CH4.4Ir/c1-19-16-27-25-12-8-9-13-26(25)31-32-18-29(33(31)28(27)17-20(19)2)30-21(3)14-24(15-22(30)4)23-10-6-5-7-11-23;1-19-9-8-10-20(2)27(19)26-18-29-28-23-12-5-4-11-22(23)24-17-21(13-14-25(24)31(26)28)30-15-6-3-7-16-30;1-17-8-7-9-18(2)26(17)25-16-29-27-22-11-6-5-10-21(22)23-12-19-14-28(3,4)15-20(19)13-24(23)30(25)27;1-13-10-11-17-19(12-13)22-18-9-5-4-7-15(18)14-6-2-3-8-16(14)20(22)21-17;;;;;/h5-12,14-18H,1-4H3;4-5,8-11,13-14,17-18H,3,6-7,15-16H2,1-2H3;5-10,12-13,16H,14-15H2,1-4H3;2-7,9-12H,1H3;1H4;;;;/q4*-1;;;;;. The van der Waals surface area contributed by atoms with Crippen LogP contribution in [0.4, 0.5) is 5.69 Å². The second-order valence-corrected chi connectivity index (χ2v) is 33.3. The van der Waals surface area contributed by atoms with Crippen molar-refractivity contribution in [3.05, 3.63) is 341 Å². The minimum Gasteiger partial charge on any atom is -0.372 e. The maximum atomic E-state index is 4.92. The van der Waals surface area contributed by atoms with Gasteiger partial charge in [0.1, 0.15) is 0 Å². The molecule has 8 aromatic heterocycles. The Balaban J connectivity index is 0.000000125. The summed E-state index contributed by atoms with van der Waals surface area (Å²) >= 11 is 0. The molecule has 13 aromatic carbocycles. The van der Waals surface area contributed by atoms with Crippen molar-refractivity contribution in [3.8, 4) is 44.9 Å². The van der Waals surface area contributed by atoms with Gasteiger partial charge < -0.3 is 22.5 Å². The molecule has 23 rings (SSSR count). The van der Waals surface area contributed by atoms with E-state index in [9.17, 15) is 0 Å². The zero-order valence-corrected chi connectivity index (χ0v) is 78.6. The number of hydrogen-bond donors (Lipinski definition) is 0. The van der Waals surface area contributed by atoms with Crippen molar-refractivity contribution >= 4 is 126 Å².